The molecule has 7 heteroatoms. The molecule has 2 aromatic carbocycles. The molecule has 1 atom stereocenters. The zero-order valence-electron chi connectivity index (χ0n) is 15.5. The number of methoxy groups -OCH3 is 1. The van der Waals surface area contributed by atoms with Gasteiger partial charge >= 0.3 is 0 Å². The van der Waals surface area contributed by atoms with Crippen molar-refractivity contribution in [1.82, 2.24) is 4.90 Å². The van der Waals surface area contributed by atoms with Crippen LogP contribution in [0.2, 0.25) is 5.02 Å². The maximum Gasteiger partial charge on any atom is 0.241 e. The first-order valence-electron chi connectivity index (χ1n) is 8.91. The molecule has 1 amide bonds. The Hall–Kier alpha value is -2.44. The van der Waals surface area contributed by atoms with Crippen molar-refractivity contribution >= 4 is 28.9 Å². The molecule has 0 saturated carbocycles. The van der Waals surface area contributed by atoms with Crippen molar-refractivity contribution in [2.75, 3.05) is 43.5 Å². The molecule has 2 N–H and O–H groups in total. The number of anilines is 2. The number of nitrogens with one attached hydrogen (secondary N) is 1. The number of amides is 1. The molecule has 2 aromatic rings. The zero-order chi connectivity index (χ0) is 19.4. The second-order valence-corrected chi connectivity index (χ2v) is 6.96. The lowest BCUT2D eigenvalue weighted by Gasteiger charge is -2.38. The van der Waals surface area contributed by atoms with Gasteiger partial charge in [0.25, 0.3) is 0 Å². The van der Waals surface area contributed by atoms with E-state index in [-0.39, 0.29) is 17.7 Å². The number of ether oxygens (including phenoxy) is 1. The summed E-state index contributed by atoms with van der Waals surface area (Å²) >= 11 is 6.03. The molecule has 1 saturated heterocycles. The van der Waals surface area contributed by atoms with E-state index in [0.717, 1.165) is 31.9 Å². The van der Waals surface area contributed by atoms with Crippen molar-refractivity contribution in [2.24, 2.45) is 0 Å². The van der Waals surface area contributed by atoms with Crippen LogP contribution in [0.1, 0.15) is 6.92 Å². The third kappa shape index (κ3) is 4.46. The molecule has 6 nitrogen and oxygen atoms in total. The van der Waals surface area contributed by atoms with Gasteiger partial charge in [-0.15, -0.1) is 0 Å². The predicted octanol–water partition coefficient (Wildman–Crippen LogP) is 3.20. The van der Waals surface area contributed by atoms with E-state index >= 15 is 0 Å². The van der Waals surface area contributed by atoms with Gasteiger partial charge in [-0.2, -0.15) is 0 Å². The highest BCUT2D eigenvalue weighted by Gasteiger charge is 2.27. The summed E-state index contributed by atoms with van der Waals surface area (Å²) in [6.45, 7) is 4.85. The monoisotopic (exact) mass is 389 g/mol. The number of piperazine rings is 1. The Morgan fingerprint density at radius 2 is 1.89 bits per heavy atom. The third-order valence-electron chi connectivity index (χ3n) is 4.88. The zero-order valence-corrected chi connectivity index (χ0v) is 16.2. The molecule has 1 fully saturated rings. The van der Waals surface area contributed by atoms with Gasteiger partial charge in [0.1, 0.15) is 11.5 Å². The van der Waals surface area contributed by atoms with Crippen molar-refractivity contribution in [3.05, 3.63) is 47.5 Å². The van der Waals surface area contributed by atoms with Gasteiger partial charge in [-0.3, -0.25) is 9.69 Å². The van der Waals surface area contributed by atoms with Crippen LogP contribution in [0.15, 0.2) is 42.5 Å². The third-order valence-corrected chi connectivity index (χ3v) is 5.12. The Balaban J connectivity index is 1.61. The van der Waals surface area contributed by atoms with Gasteiger partial charge in [-0.25, -0.2) is 0 Å². The summed E-state index contributed by atoms with van der Waals surface area (Å²) in [6.07, 6.45) is 0. The van der Waals surface area contributed by atoms with Crippen LogP contribution in [-0.4, -0.2) is 55.2 Å². The molecule has 0 radical (unpaired) electrons. The van der Waals surface area contributed by atoms with Gasteiger partial charge in [0, 0.05) is 31.2 Å². The molecule has 0 spiro atoms. The summed E-state index contributed by atoms with van der Waals surface area (Å²) in [5.41, 5.74) is 1.40. The van der Waals surface area contributed by atoms with E-state index in [4.69, 9.17) is 16.3 Å². The van der Waals surface area contributed by atoms with Crippen LogP contribution in [0.3, 0.4) is 0 Å². The van der Waals surface area contributed by atoms with Gasteiger partial charge in [0.05, 0.1) is 24.5 Å². The van der Waals surface area contributed by atoms with E-state index < -0.39 is 0 Å². The van der Waals surface area contributed by atoms with E-state index in [1.54, 1.807) is 31.4 Å². The molecule has 0 unspecified atom stereocenters. The normalized spacial score (nSPS) is 16.0. The molecular formula is C20H24ClN3O3. The lowest BCUT2D eigenvalue weighted by atomic mass is 10.2. The molecule has 0 aromatic heterocycles. The van der Waals surface area contributed by atoms with Crippen LogP contribution >= 0.6 is 11.6 Å². The number of aromatic hydroxyl groups is 1. The van der Waals surface area contributed by atoms with Crippen LogP contribution in [0.25, 0.3) is 0 Å². The second-order valence-electron chi connectivity index (χ2n) is 6.52. The largest absolute Gasteiger partial charge is 0.506 e. The Morgan fingerprint density at radius 3 is 2.56 bits per heavy atom. The van der Waals surface area contributed by atoms with Gasteiger partial charge in [0.2, 0.25) is 5.91 Å². The van der Waals surface area contributed by atoms with Gasteiger partial charge in [-0.05, 0) is 37.3 Å². The Kier molecular flexibility index (Phi) is 6.08. The number of halogens is 1. The number of phenols is 1. The van der Waals surface area contributed by atoms with E-state index in [2.05, 4.69) is 15.1 Å². The van der Waals surface area contributed by atoms with Gasteiger partial charge < -0.3 is 20.1 Å². The minimum absolute atomic E-state index is 0.105. The lowest BCUT2D eigenvalue weighted by Crippen LogP contribution is -2.52. The smallest absolute Gasteiger partial charge is 0.241 e. The summed E-state index contributed by atoms with van der Waals surface area (Å²) in [5, 5.41) is 13.5. The predicted molar refractivity (Wildman–Crippen MR) is 108 cm³/mol. The van der Waals surface area contributed by atoms with Crippen molar-refractivity contribution in [2.45, 2.75) is 13.0 Å². The number of para-hydroxylation sites is 2. The first-order chi connectivity index (χ1) is 13.0. The maximum atomic E-state index is 12.7. The summed E-state index contributed by atoms with van der Waals surface area (Å²) in [4.78, 5) is 17.0. The lowest BCUT2D eigenvalue weighted by molar-refractivity contribution is -0.120. The minimum atomic E-state index is -0.291. The standard InChI is InChI=1S/C20H24ClN3O3/c1-14(20(26)22-16-13-15(21)7-8-19(16)27-2)23-9-11-24(12-10-23)17-5-3-4-6-18(17)25/h3-8,13-14,25H,9-12H2,1-2H3,(H,22,26)/t14-/m0/s1. The maximum absolute atomic E-state index is 12.7. The topological polar surface area (TPSA) is 65.0 Å². The fraction of sp³-hybridized carbons (Fsp3) is 0.350. The summed E-state index contributed by atoms with van der Waals surface area (Å²) in [5.74, 6) is 0.751. The number of nitrogens with zero attached hydrogens (tertiary/aromatic N) is 2. The number of carbonyl (C=O) groups is 1. The number of hydrogen-bond donors (Lipinski definition) is 2. The molecule has 1 aliphatic rings. The number of phenolic OH excluding ortho intramolecular Hbond substituents is 1. The van der Waals surface area contributed by atoms with Gasteiger partial charge in [0.15, 0.2) is 0 Å². The fourth-order valence-electron chi connectivity index (χ4n) is 3.26. The van der Waals surface area contributed by atoms with Crippen molar-refractivity contribution in [3.8, 4) is 11.5 Å². The quantitative estimate of drug-likeness (QED) is 0.822. The number of rotatable bonds is 5. The summed E-state index contributed by atoms with van der Waals surface area (Å²) in [6, 6.07) is 12.2. The average Bonchev–Trinajstić information content (AvgIpc) is 2.68. The molecule has 27 heavy (non-hydrogen) atoms. The number of benzene rings is 2. The van der Waals surface area contributed by atoms with Crippen LogP contribution in [0, 0.1) is 0 Å². The van der Waals surface area contributed by atoms with E-state index in [9.17, 15) is 9.90 Å². The van der Waals surface area contributed by atoms with E-state index in [1.165, 1.54) is 0 Å². The first-order valence-corrected chi connectivity index (χ1v) is 9.29. The number of hydrogen-bond acceptors (Lipinski definition) is 5. The summed E-state index contributed by atoms with van der Waals surface area (Å²) < 4.78 is 5.28. The molecule has 1 heterocycles. The van der Waals surface area contributed by atoms with Crippen molar-refractivity contribution < 1.29 is 14.6 Å². The molecule has 1 aliphatic heterocycles. The molecule has 0 aliphatic carbocycles. The van der Waals surface area contributed by atoms with Crippen LogP contribution < -0.4 is 15.0 Å². The van der Waals surface area contributed by atoms with Gasteiger partial charge in [-0.1, -0.05) is 23.7 Å². The molecule has 0 bridgehead atoms. The van der Waals surface area contributed by atoms with E-state index in [1.807, 2.05) is 25.1 Å². The average molecular weight is 390 g/mol. The van der Waals surface area contributed by atoms with Crippen molar-refractivity contribution in [3.63, 3.8) is 0 Å². The fourth-order valence-corrected chi connectivity index (χ4v) is 3.43. The van der Waals surface area contributed by atoms with Crippen molar-refractivity contribution in [1.29, 1.82) is 0 Å². The first kappa shape index (κ1) is 19.3. The Morgan fingerprint density at radius 1 is 1.19 bits per heavy atom. The van der Waals surface area contributed by atoms with Crippen LogP contribution in [-0.2, 0) is 4.79 Å². The summed E-state index contributed by atoms with van der Waals surface area (Å²) in [7, 11) is 1.56. The SMILES string of the molecule is COc1ccc(Cl)cc1NC(=O)[C@H](C)N1CCN(c2ccccc2O)CC1. The highest BCUT2D eigenvalue weighted by atomic mass is 35.5. The minimum Gasteiger partial charge on any atom is -0.506 e. The Labute approximate surface area is 164 Å². The number of carbonyl (C=O) groups excluding carboxylic acids is 1. The molecule has 144 valence electrons. The van der Waals surface area contributed by atoms with Crippen LogP contribution in [0.4, 0.5) is 11.4 Å². The van der Waals surface area contributed by atoms with Crippen LogP contribution in [0.5, 0.6) is 11.5 Å². The Bertz CT molecular complexity index is 807. The molecular weight excluding hydrogens is 366 g/mol. The highest BCUT2D eigenvalue weighted by Crippen LogP contribution is 2.29. The molecule has 3 rings (SSSR count). The van der Waals surface area contributed by atoms with E-state index in [0.29, 0.717) is 16.5 Å². The highest BCUT2D eigenvalue weighted by molar-refractivity contribution is 6.31. The second kappa shape index (κ2) is 8.50.